The predicted molar refractivity (Wildman–Crippen MR) is 89.3 cm³/mol. The minimum Gasteiger partial charge on any atom is -0.508 e. The van der Waals surface area contributed by atoms with Crippen LogP contribution >= 0.6 is 11.6 Å². The van der Waals surface area contributed by atoms with Crippen LogP contribution in [0.15, 0.2) is 48.5 Å². The number of ether oxygens (including phenoxy) is 1. The van der Waals surface area contributed by atoms with Crippen LogP contribution < -0.4 is 10.5 Å². The van der Waals surface area contributed by atoms with Gasteiger partial charge in [0.05, 0.1) is 11.4 Å². The number of anilines is 1. The molecule has 24 heavy (non-hydrogen) atoms. The standard InChI is InChI=1S/C17H13ClFN3O2/c18-11-4-5-14(19)13(7-11)16-8-15(20)17(22-21-16)24-9-10-2-1-3-12(23)6-10/h1-8,23H,9H2,(H2,20,21). The Kier molecular flexibility index (Phi) is 4.48. The quantitative estimate of drug-likeness (QED) is 0.751. The van der Waals surface area contributed by atoms with Crippen LogP contribution in [0.1, 0.15) is 5.56 Å². The summed E-state index contributed by atoms with van der Waals surface area (Å²) in [6, 6.07) is 12.2. The molecule has 3 N–H and O–H groups in total. The van der Waals surface area contributed by atoms with E-state index in [9.17, 15) is 9.50 Å². The molecule has 0 amide bonds. The Balaban J connectivity index is 1.81. The van der Waals surface area contributed by atoms with Crippen molar-refractivity contribution >= 4 is 17.3 Å². The number of nitrogens with zero attached hydrogens (tertiary/aromatic N) is 2. The first-order chi connectivity index (χ1) is 11.5. The molecule has 1 aromatic heterocycles. The summed E-state index contributed by atoms with van der Waals surface area (Å²) >= 11 is 5.88. The maximum Gasteiger partial charge on any atom is 0.257 e. The molecule has 3 rings (SSSR count). The second-order valence-electron chi connectivity index (χ2n) is 5.07. The number of hydrogen-bond donors (Lipinski definition) is 2. The van der Waals surface area contributed by atoms with Crippen molar-refractivity contribution in [2.24, 2.45) is 0 Å². The zero-order valence-corrected chi connectivity index (χ0v) is 13.2. The number of phenolic OH excluding ortho intramolecular Hbond substituents is 1. The zero-order valence-electron chi connectivity index (χ0n) is 12.4. The third kappa shape index (κ3) is 3.55. The molecule has 5 nitrogen and oxygen atoms in total. The maximum absolute atomic E-state index is 13.9. The van der Waals surface area contributed by atoms with E-state index in [1.165, 1.54) is 24.3 Å². The van der Waals surface area contributed by atoms with Crippen LogP contribution in [0.5, 0.6) is 11.6 Å². The van der Waals surface area contributed by atoms with Gasteiger partial charge < -0.3 is 15.6 Å². The van der Waals surface area contributed by atoms with Gasteiger partial charge in [0.25, 0.3) is 5.88 Å². The molecule has 7 heteroatoms. The van der Waals surface area contributed by atoms with E-state index in [4.69, 9.17) is 22.1 Å². The Bertz CT molecular complexity index is 889. The van der Waals surface area contributed by atoms with E-state index in [0.717, 1.165) is 5.56 Å². The van der Waals surface area contributed by atoms with E-state index in [1.54, 1.807) is 24.3 Å². The van der Waals surface area contributed by atoms with Crippen molar-refractivity contribution in [1.29, 1.82) is 0 Å². The Morgan fingerprint density at radius 2 is 1.96 bits per heavy atom. The summed E-state index contributed by atoms with van der Waals surface area (Å²) < 4.78 is 19.4. The van der Waals surface area contributed by atoms with Crippen LogP contribution in [0.4, 0.5) is 10.1 Å². The number of halogens is 2. The second kappa shape index (κ2) is 6.72. The number of benzene rings is 2. The number of phenols is 1. The number of hydrogen-bond acceptors (Lipinski definition) is 5. The Labute approximate surface area is 142 Å². The normalized spacial score (nSPS) is 10.6. The Morgan fingerprint density at radius 3 is 2.71 bits per heavy atom. The molecule has 2 aromatic carbocycles. The van der Waals surface area contributed by atoms with Gasteiger partial charge in [-0.15, -0.1) is 10.2 Å². The first kappa shape index (κ1) is 16.0. The van der Waals surface area contributed by atoms with Gasteiger partial charge in [0, 0.05) is 10.6 Å². The minimum atomic E-state index is -0.471. The number of aromatic nitrogens is 2. The van der Waals surface area contributed by atoms with Gasteiger partial charge in [0.1, 0.15) is 18.2 Å². The summed E-state index contributed by atoms with van der Waals surface area (Å²) in [5.41, 5.74) is 7.35. The summed E-state index contributed by atoms with van der Waals surface area (Å²) in [4.78, 5) is 0. The Hall–Kier alpha value is -2.86. The number of nitrogen functional groups attached to an aromatic ring is 1. The van der Waals surface area contributed by atoms with Crippen LogP contribution in [-0.2, 0) is 6.61 Å². The molecule has 0 aliphatic rings. The van der Waals surface area contributed by atoms with Gasteiger partial charge in [-0.25, -0.2) is 4.39 Å². The minimum absolute atomic E-state index is 0.129. The third-order valence-electron chi connectivity index (χ3n) is 3.28. The molecule has 0 bridgehead atoms. The molecule has 0 saturated heterocycles. The van der Waals surface area contributed by atoms with Crippen LogP contribution in [0, 0.1) is 5.82 Å². The molecule has 1 heterocycles. The predicted octanol–water partition coefficient (Wildman–Crippen LogP) is 3.80. The number of nitrogens with two attached hydrogens (primary N) is 1. The van der Waals surface area contributed by atoms with Gasteiger partial charge in [-0.1, -0.05) is 23.7 Å². The summed E-state index contributed by atoms with van der Waals surface area (Å²) in [5.74, 6) is -0.201. The first-order valence-electron chi connectivity index (χ1n) is 7.02. The van der Waals surface area contributed by atoms with E-state index in [0.29, 0.717) is 5.02 Å². The molecular formula is C17H13ClFN3O2. The lowest BCUT2D eigenvalue weighted by Crippen LogP contribution is -2.03. The van der Waals surface area contributed by atoms with Gasteiger partial charge >= 0.3 is 0 Å². The van der Waals surface area contributed by atoms with Gasteiger partial charge in [-0.3, -0.25) is 0 Å². The van der Waals surface area contributed by atoms with E-state index >= 15 is 0 Å². The number of aromatic hydroxyl groups is 1. The molecule has 0 aliphatic heterocycles. The van der Waals surface area contributed by atoms with Gasteiger partial charge in [-0.05, 0) is 42.0 Å². The smallest absolute Gasteiger partial charge is 0.257 e. The molecular weight excluding hydrogens is 333 g/mol. The largest absolute Gasteiger partial charge is 0.508 e. The molecule has 0 spiro atoms. The van der Waals surface area contributed by atoms with Crippen molar-refractivity contribution < 1.29 is 14.2 Å². The fraction of sp³-hybridized carbons (Fsp3) is 0.0588. The first-order valence-corrected chi connectivity index (χ1v) is 7.40. The zero-order chi connectivity index (χ0) is 17.1. The van der Waals surface area contributed by atoms with Crippen molar-refractivity contribution in [1.82, 2.24) is 10.2 Å². The van der Waals surface area contributed by atoms with Crippen molar-refractivity contribution in [2.45, 2.75) is 6.61 Å². The highest BCUT2D eigenvalue weighted by Crippen LogP contribution is 2.28. The maximum atomic E-state index is 13.9. The summed E-state index contributed by atoms with van der Waals surface area (Å²) in [6.45, 7) is 0.165. The lowest BCUT2D eigenvalue weighted by molar-refractivity contribution is 0.291. The average molecular weight is 346 g/mol. The fourth-order valence-electron chi connectivity index (χ4n) is 2.13. The van der Waals surface area contributed by atoms with E-state index in [2.05, 4.69) is 10.2 Å². The molecule has 0 unspecified atom stereocenters. The molecule has 0 fully saturated rings. The lowest BCUT2D eigenvalue weighted by atomic mass is 10.1. The molecule has 0 aliphatic carbocycles. The monoisotopic (exact) mass is 345 g/mol. The van der Waals surface area contributed by atoms with Gasteiger partial charge in [0.15, 0.2) is 0 Å². The highest BCUT2D eigenvalue weighted by molar-refractivity contribution is 6.30. The third-order valence-corrected chi connectivity index (χ3v) is 3.51. The summed E-state index contributed by atoms with van der Waals surface area (Å²) in [5, 5.41) is 17.6. The van der Waals surface area contributed by atoms with Crippen LogP contribution in [-0.4, -0.2) is 15.3 Å². The highest BCUT2D eigenvalue weighted by Gasteiger charge is 2.12. The van der Waals surface area contributed by atoms with Crippen LogP contribution in [0.25, 0.3) is 11.3 Å². The van der Waals surface area contributed by atoms with Crippen molar-refractivity contribution in [3.05, 3.63) is 64.9 Å². The van der Waals surface area contributed by atoms with Crippen molar-refractivity contribution in [3.8, 4) is 22.9 Å². The molecule has 0 saturated carbocycles. The highest BCUT2D eigenvalue weighted by atomic mass is 35.5. The van der Waals surface area contributed by atoms with E-state index in [1.807, 2.05) is 0 Å². The van der Waals surface area contributed by atoms with Gasteiger partial charge in [-0.2, -0.15) is 0 Å². The topological polar surface area (TPSA) is 81.3 Å². The second-order valence-corrected chi connectivity index (χ2v) is 5.51. The summed E-state index contributed by atoms with van der Waals surface area (Å²) in [7, 11) is 0. The van der Waals surface area contributed by atoms with Crippen LogP contribution in [0.3, 0.4) is 0 Å². The Morgan fingerprint density at radius 1 is 1.12 bits per heavy atom. The average Bonchev–Trinajstić information content (AvgIpc) is 2.56. The molecule has 122 valence electrons. The molecule has 0 atom stereocenters. The van der Waals surface area contributed by atoms with Gasteiger partial charge in [0.2, 0.25) is 0 Å². The number of rotatable bonds is 4. The van der Waals surface area contributed by atoms with Crippen molar-refractivity contribution in [2.75, 3.05) is 5.73 Å². The van der Waals surface area contributed by atoms with E-state index in [-0.39, 0.29) is 35.2 Å². The SMILES string of the molecule is Nc1cc(-c2cc(Cl)ccc2F)nnc1OCc1cccc(O)c1. The molecule has 0 radical (unpaired) electrons. The lowest BCUT2D eigenvalue weighted by Gasteiger charge is -2.09. The van der Waals surface area contributed by atoms with Crippen LogP contribution in [0.2, 0.25) is 5.02 Å². The summed E-state index contributed by atoms with van der Waals surface area (Å²) in [6.07, 6.45) is 0. The fourth-order valence-corrected chi connectivity index (χ4v) is 2.30. The van der Waals surface area contributed by atoms with Crippen molar-refractivity contribution in [3.63, 3.8) is 0 Å². The van der Waals surface area contributed by atoms with E-state index < -0.39 is 5.82 Å². The molecule has 3 aromatic rings.